The second kappa shape index (κ2) is 7.46. The van der Waals surface area contributed by atoms with E-state index in [9.17, 15) is 4.79 Å². The van der Waals surface area contributed by atoms with Crippen molar-refractivity contribution < 1.29 is 14.3 Å². The largest absolute Gasteiger partial charge is 0.491 e. The quantitative estimate of drug-likeness (QED) is 0.632. The van der Waals surface area contributed by atoms with Crippen LogP contribution in [0, 0.1) is 0 Å². The number of rotatable bonds is 5. The molecule has 4 rings (SSSR count). The van der Waals surface area contributed by atoms with Crippen LogP contribution in [0.1, 0.15) is 32.4 Å². The van der Waals surface area contributed by atoms with E-state index < -0.39 is 0 Å². The highest BCUT2D eigenvalue weighted by Crippen LogP contribution is 2.34. The molecule has 8 heteroatoms. The lowest BCUT2D eigenvalue weighted by Crippen LogP contribution is -2.08. The third-order valence-corrected chi connectivity index (χ3v) is 4.60. The van der Waals surface area contributed by atoms with E-state index in [4.69, 9.17) is 14.5 Å². The van der Waals surface area contributed by atoms with Crippen molar-refractivity contribution in [1.29, 1.82) is 0 Å². The molecule has 0 N–H and O–H groups in total. The minimum atomic E-state index is -0.243. The van der Waals surface area contributed by atoms with Crippen LogP contribution in [0.25, 0.3) is 22.9 Å². The molecule has 0 atom stereocenters. The van der Waals surface area contributed by atoms with E-state index in [-0.39, 0.29) is 18.4 Å². The van der Waals surface area contributed by atoms with Gasteiger partial charge in [0, 0.05) is 12.2 Å². The van der Waals surface area contributed by atoms with Crippen molar-refractivity contribution in [2.75, 3.05) is 13.2 Å². The van der Waals surface area contributed by atoms with Crippen molar-refractivity contribution in [3.05, 3.63) is 36.3 Å². The Morgan fingerprint density at radius 3 is 2.96 bits per heavy atom. The molecule has 0 spiro atoms. The van der Waals surface area contributed by atoms with E-state index in [2.05, 4.69) is 28.5 Å². The molecule has 2 aromatic heterocycles. The molecule has 3 heterocycles. The summed E-state index contributed by atoms with van der Waals surface area (Å²) in [4.78, 5) is 21.0. The number of carbonyl (C=O) groups excluding carboxylic acids is 1. The van der Waals surface area contributed by atoms with Crippen LogP contribution in [-0.2, 0) is 22.5 Å². The van der Waals surface area contributed by atoms with Crippen LogP contribution in [-0.4, -0.2) is 43.5 Å². The molecule has 0 aliphatic carbocycles. The van der Waals surface area contributed by atoms with E-state index in [1.54, 1.807) is 13.3 Å². The lowest BCUT2D eigenvalue weighted by molar-refractivity contribution is -0.142. The summed E-state index contributed by atoms with van der Waals surface area (Å²) in [5, 5.41) is 4.30. The highest BCUT2D eigenvalue weighted by molar-refractivity contribution is 5.74. The maximum absolute atomic E-state index is 11.8. The zero-order chi connectivity index (χ0) is 19.7. The Labute approximate surface area is 163 Å². The fraction of sp³-hybridized carbons (Fsp3) is 0.400. The van der Waals surface area contributed by atoms with E-state index >= 15 is 0 Å². The van der Waals surface area contributed by atoms with Crippen LogP contribution in [0.4, 0.5) is 0 Å². The van der Waals surface area contributed by atoms with Crippen LogP contribution >= 0.6 is 0 Å². The number of hydrogen-bond donors (Lipinski definition) is 0. The average Bonchev–Trinajstić information content (AvgIpc) is 3.26. The molecule has 0 saturated carbocycles. The number of hydrogen-bond acceptors (Lipinski definition) is 6. The summed E-state index contributed by atoms with van der Waals surface area (Å²) in [5.74, 6) is 2.05. The van der Waals surface area contributed by atoms with Gasteiger partial charge >= 0.3 is 5.97 Å². The predicted octanol–water partition coefficient (Wildman–Crippen LogP) is 2.89. The molecule has 0 saturated heterocycles. The SMILES string of the molecule is CCOC(=O)Cc1ccc2c(c1)OCCn1cc(-c3ncnn3C(C)C)nc1-2. The number of esters is 1. The number of aromatic nitrogens is 5. The molecule has 1 aliphatic rings. The lowest BCUT2D eigenvalue weighted by atomic mass is 10.1. The Morgan fingerprint density at radius 1 is 1.32 bits per heavy atom. The molecule has 1 aliphatic heterocycles. The van der Waals surface area contributed by atoms with Gasteiger partial charge in [-0.3, -0.25) is 4.79 Å². The molecule has 8 nitrogen and oxygen atoms in total. The first-order chi connectivity index (χ1) is 13.6. The van der Waals surface area contributed by atoms with Gasteiger partial charge in [0.1, 0.15) is 30.2 Å². The third-order valence-electron chi connectivity index (χ3n) is 4.60. The van der Waals surface area contributed by atoms with Crippen LogP contribution in [0.2, 0.25) is 0 Å². The van der Waals surface area contributed by atoms with Crippen molar-refractivity contribution in [3.63, 3.8) is 0 Å². The van der Waals surface area contributed by atoms with Crippen molar-refractivity contribution in [1.82, 2.24) is 24.3 Å². The first-order valence-corrected chi connectivity index (χ1v) is 9.45. The maximum atomic E-state index is 11.8. The highest BCUT2D eigenvalue weighted by atomic mass is 16.5. The number of carbonyl (C=O) groups is 1. The monoisotopic (exact) mass is 381 g/mol. The summed E-state index contributed by atoms with van der Waals surface area (Å²) in [6, 6.07) is 5.96. The summed E-state index contributed by atoms with van der Waals surface area (Å²) in [5.41, 5.74) is 2.54. The molecule has 1 aromatic carbocycles. The summed E-state index contributed by atoms with van der Waals surface area (Å²) >= 11 is 0. The van der Waals surface area contributed by atoms with Crippen molar-refractivity contribution in [2.24, 2.45) is 0 Å². The van der Waals surface area contributed by atoms with Gasteiger partial charge in [0.2, 0.25) is 0 Å². The summed E-state index contributed by atoms with van der Waals surface area (Å²) in [6.07, 6.45) is 3.77. The smallest absolute Gasteiger partial charge is 0.310 e. The van der Waals surface area contributed by atoms with Gasteiger partial charge in [-0.15, -0.1) is 0 Å². The fourth-order valence-electron chi connectivity index (χ4n) is 3.33. The van der Waals surface area contributed by atoms with Crippen molar-refractivity contribution >= 4 is 5.97 Å². The van der Waals surface area contributed by atoms with Crippen LogP contribution < -0.4 is 4.74 Å². The first-order valence-electron chi connectivity index (χ1n) is 9.45. The lowest BCUT2D eigenvalue weighted by Gasteiger charge is -2.09. The number of nitrogens with zero attached hydrogens (tertiary/aromatic N) is 5. The van der Waals surface area contributed by atoms with E-state index in [1.807, 2.05) is 29.1 Å². The van der Waals surface area contributed by atoms with Gasteiger partial charge in [0.15, 0.2) is 5.82 Å². The zero-order valence-electron chi connectivity index (χ0n) is 16.3. The molecule has 0 bridgehead atoms. The Morgan fingerprint density at radius 2 is 2.18 bits per heavy atom. The number of benzene rings is 1. The highest BCUT2D eigenvalue weighted by Gasteiger charge is 2.22. The van der Waals surface area contributed by atoms with Gasteiger partial charge in [-0.2, -0.15) is 5.10 Å². The Balaban J connectivity index is 1.70. The summed E-state index contributed by atoms with van der Waals surface area (Å²) in [7, 11) is 0. The van der Waals surface area contributed by atoms with Gasteiger partial charge < -0.3 is 14.0 Å². The van der Waals surface area contributed by atoms with Crippen LogP contribution in [0.15, 0.2) is 30.7 Å². The Hall–Kier alpha value is -3.16. The molecule has 28 heavy (non-hydrogen) atoms. The molecule has 0 unspecified atom stereocenters. The van der Waals surface area contributed by atoms with E-state index in [1.165, 1.54) is 0 Å². The number of fused-ring (bicyclic) bond motifs is 3. The Bertz CT molecular complexity index is 1010. The average molecular weight is 381 g/mol. The van der Waals surface area contributed by atoms with Crippen molar-refractivity contribution in [2.45, 2.75) is 39.8 Å². The van der Waals surface area contributed by atoms with Gasteiger partial charge in [0.25, 0.3) is 0 Å². The molecular formula is C20H23N5O3. The number of imidazole rings is 1. The molecule has 0 fully saturated rings. The Kier molecular flexibility index (Phi) is 4.85. The molecule has 3 aromatic rings. The summed E-state index contributed by atoms with van der Waals surface area (Å²) < 4.78 is 14.9. The summed E-state index contributed by atoms with van der Waals surface area (Å²) in [6.45, 7) is 7.51. The molecule has 146 valence electrons. The van der Waals surface area contributed by atoms with E-state index in [0.717, 1.165) is 34.2 Å². The molecule has 0 amide bonds. The predicted molar refractivity (Wildman–Crippen MR) is 103 cm³/mol. The van der Waals surface area contributed by atoms with Gasteiger partial charge in [0.05, 0.1) is 25.1 Å². The third kappa shape index (κ3) is 3.37. The fourth-order valence-corrected chi connectivity index (χ4v) is 3.33. The normalized spacial score (nSPS) is 12.9. The standard InChI is InChI=1S/C20H23N5O3/c1-4-27-18(26)10-14-5-6-15-17(9-14)28-8-7-24-11-16(23-19(15)24)20-21-12-22-25(20)13(2)3/h5-6,9,11-13H,4,7-8,10H2,1-3H3. The molecular weight excluding hydrogens is 358 g/mol. The minimum absolute atomic E-state index is 0.195. The maximum Gasteiger partial charge on any atom is 0.310 e. The van der Waals surface area contributed by atoms with Crippen LogP contribution in [0.5, 0.6) is 5.75 Å². The van der Waals surface area contributed by atoms with Crippen molar-refractivity contribution in [3.8, 4) is 28.7 Å². The van der Waals surface area contributed by atoms with Gasteiger partial charge in [-0.25, -0.2) is 14.6 Å². The van der Waals surface area contributed by atoms with Gasteiger partial charge in [-0.1, -0.05) is 6.07 Å². The minimum Gasteiger partial charge on any atom is -0.491 e. The first kappa shape index (κ1) is 18.2. The van der Waals surface area contributed by atoms with Crippen LogP contribution in [0.3, 0.4) is 0 Å². The zero-order valence-corrected chi connectivity index (χ0v) is 16.3. The second-order valence-corrected chi connectivity index (χ2v) is 6.93. The number of ether oxygens (including phenoxy) is 2. The topological polar surface area (TPSA) is 84.1 Å². The second-order valence-electron chi connectivity index (χ2n) is 6.93. The molecule has 0 radical (unpaired) electrons. The van der Waals surface area contributed by atoms with Gasteiger partial charge in [-0.05, 0) is 38.5 Å². The van der Waals surface area contributed by atoms with E-state index in [0.29, 0.717) is 19.8 Å².